The van der Waals surface area contributed by atoms with Gasteiger partial charge in [0.2, 0.25) is 5.91 Å². The highest BCUT2D eigenvalue weighted by molar-refractivity contribution is 5.77. The number of rotatable bonds is 5. The molecule has 1 fully saturated rings. The van der Waals surface area contributed by atoms with Crippen LogP contribution in [0.15, 0.2) is 24.3 Å². The number of carbonyl (C=O) groups excluding carboxylic acids is 1. The lowest BCUT2D eigenvalue weighted by molar-refractivity contribution is -0.134. The molecule has 1 aliphatic rings. The summed E-state index contributed by atoms with van der Waals surface area (Å²) < 4.78 is 15.2. The first-order chi connectivity index (χ1) is 13.3. The van der Waals surface area contributed by atoms with Crippen LogP contribution in [-0.4, -0.2) is 44.6 Å². The van der Waals surface area contributed by atoms with Crippen LogP contribution in [0.4, 0.5) is 4.39 Å². The van der Waals surface area contributed by atoms with Crippen LogP contribution in [0.25, 0.3) is 0 Å². The standard InChI is InChI=1S/C22H31FN4O/c1-15(2)21-14-26(13-20-16(3)24-25(5)17(20)4)11-10-22(28)27(21)12-18-6-8-19(23)9-7-18/h6-9,15,21H,10-14H2,1-5H3/t21-/m1/s1. The van der Waals surface area contributed by atoms with Gasteiger partial charge in [-0.05, 0) is 37.5 Å². The Labute approximate surface area is 167 Å². The molecule has 0 unspecified atom stereocenters. The van der Waals surface area contributed by atoms with Gasteiger partial charge in [-0.3, -0.25) is 14.4 Å². The normalized spacial score (nSPS) is 18.8. The molecule has 1 aliphatic heterocycles. The number of hydrogen-bond donors (Lipinski definition) is 0. The Morgan fingerprint density at radius 1 is 1.18 bits per heavy atom. The molecule has 1 aromatic heterocycles. The van der Waals surface area contributed by atoms with Crippen LogP contribution in [0.2, 0.25) is 0 Å². The Kier molecular flexibility index (Phi) is 6.18. The summed E-state index contributed by atoms with van der Waals surface area (Å²) >= 11 is 0. The van der Waals surface area contributed by atoms with E-state index in [-0.39, 0.29) is 17.8 Å². The van der Waals surface area contributed by atoms with Crippen LogP contribution >= 0.6 is 0 Å². The maximum atomic E-state index is 13.2. The van der Waals surface area contributed by atoms with E-state index in [0.717, 1.165) is 30.9 Å². The average molecular weight is 387 g/mol. The molecule has 0 bridgehead atoms. The minimum atomic E-state index is -0.250. The quantitative estimate of drug-likeness (QED) is 0.791. The molecule has 1 amide bonds. The maximum Gasteiger partial charge on any atom is 0.224 e. The summed E-state index contributed by atoms with van der Waals surface area (Å²) in [6.45, 7) is 11.4. The zero-order valence-electron chi connectivity index (χ0n) is 17.6. The number of carbonyl (C=O) groups is 1. The SMILES string of the molecule is Cc1nn(C)c(C)c1CN1CCC(=O)N(Cc2ccc(F)cc2)[C@@H](C(C)C)C1. The molecule has 0 saturated carbocycles. The second-order valence-electron chi connectivity index (χ2n) is 8.22. The molecule has 0 N–H and O–H groups in total. The van der Waals surface area contributed by atoms with Crippen molar-refractivity contribution >= 4 is 5.91 Å². The van der Waals surface area contributed by atoms with Crippen molar-refractivity contribution in [2.75, 3.05) is 13.1 Å². The van der Waals surface area contributed by atoms with E-state index in [2.05, 4.69) is 30.8 Å². The Bertz CT molecular complexity index is 828. The van der Waals surface area contributed by atoms with Crippen molar-refractivity contribution in [3.05, 3.63) is 52.6 Å². The molecule has 1 aromatic carbocycles. The van der Waals surface area contributed by atoms with Crippen molar-refractivity contribution in [1.82, 2.24) is 19.6 Å². The first-order valence-corrected chi connectivity index (χ1v) is 10.0. The van der Waals surface area contributed by atoms with Crippen molar-refractivity contribution in [1.29, 1.82) is 0 Å². The Morgan fingerprint density at radius 3 is 2.43 bits per heavy atom. The topological polar surface area (TPSA) is 41.4 Å². The highest BCUT2D eigenvalue weighted by Crippen LogP contribution is 2.23. The second kappa shape index (κ2) is 8.43. The Balaban J connectivity index is 1.80. The average Bonchev–Trinajstić information content (AvgIpc) is 2.79. The summed E-state index contributed by atoms with van der Waals surface area (Å²) in [5.74, 6) is 0.256. The van der Waals surface area contributed by atoms with Crippen LogP contribution in [-0.2, 0) is 24.9 Å². The van der Waals surface area contributed by atoms with Crippen molar-refractivity contribution in [3.63, 3.8) is 0 Å². The van der Waals surface area contributed by atoms with Gasteiger partial charge in [0.25, 0.3) is 0 Å². The molecule has 6 heteroatoms. The third kappa shape index (κ3) is 4.43. The largest absolute Gasteiger partial charge is 0.334 e. The minimum absolute atomic E-state index is 0.123. The Hall–Kier alpha value is -2.21. The van der Waals surface area contributed by atoms with Crippen LogP contribution in [0, 0.1) is 25.6 Å². The number of amides is 1. The van der Waals surface area contributed by atoms with Crippen LogP contribution < -0.4 is 0 Å². The molecule has 0 radical (unpaired) electrons. The summed E-state index contributed by atoms with van der Waals surface area (Å²) in [7, 11) is 1.97. The van der Waals surface area contributed by atoms with E-state index in [4.69, 9.17) is 0 Å². The van der Waals surface area contributed by atoms with E-state index in [9.17, 15) is 9.18 Å². The van der Waals surface area contributed by atoms with E-state index in [1.54, 1.807) is 12.1 Å². The number of hydrogen-bond acceptors (Lipinski definition) is 3. The third-order valence-electron chi connectivity index (χ3n) is 5.88. The van der Waals surface area contributed by atoms with Crippen molar-refractivity contribution < 1.29 is 9.18 Å². The van der Waals surface area contributed by atoms with Gasteiger partial charge in [-0.1, -0.05) is 26.0 Å². The fourth-order valence-electron chi connectivity index (χ4n) is 4.01. The zero-order valence-corrected chi connectivity index (χ0v) is 17.6. The van der Waals surface area contributed by atoms with Gasteiger partial charge in [0, 0.05) is 56.9 Å². The number of aryl methyl sites for hydroxylation is 2. The second-order valence-corrected chi connectivity index (χ2v) is 8.22. The van der Waals surface area contributed by atoms with Gasteiger partial charge >= 0.3 is 0 Å². The fourth-order valence-corrected chi connectivity index (χ4v) is 4.01. The lowest BCUT2D eigenvalue weighted by Gasteiger charge is -2.35. The highest BCUT2D eigenvalue weighted by Gasteiger charge is 2.32. The van der Waals surface area contributed by atoms with Gasteiger partial charge in [0.05, 0.1) is 5.69 Å². The number of halogens is 1. The molecular formula is C22H31FN4O. The molecule has 3 rings (SSSR count). The Morgan fingerprint density at radius 2 is 1.86 bits per heavy atom. The number of aromatic nitrogens is 2. The molecule has 2 heterocycles. The first kappa shape index (κ1) is 20.5. The summed E-state index contributed by atoms with van der Waals surface area (Å²) in [6.07, 6.45) is 0.503. The molecule has 1 atom stereocenters. The lowest BCUT2D eigenvalue weighted by Crippen LogP contribution is -2.45. The smallest absolute Gasteiger partial charge is 0.224 e. The van der Waals surface area contributed by atoms with Gasteiger partial charge in [-0.15, -0.1) is 0 Å². The van der Waals surface area contributed by atoms with Gasteiger partial charge in [-0.25, -0.2) is 4.39 Å². The lowest BCUT2D eigenvalue weighted by atomic mass is 10.0. The van der Waals surface area contributed by atoms with Crippen LogP contribution in [0.1, 0.15) is 42.8 Å². The van der Waals surface area contributed by atoms with Crippen LogP contribution in [0.5, 0.6) is 0 Å². The molecule has 0 spiro atoms. The predicted octanol–water partition coefficient (Wildman–Crippen LogP) is 3.44. The van der Waals surface area contributed by atoms with E-state index in [1.165, 1.54) is 23.4 Å². The first-order valence-electron chi connectivity index (χ1n) is 10.0. The summed E-state index contributed by atoms with van der Waals surface area (Å²) in [6, 6.07) is 6.58. The molecular weight excluding hydrogens is 355 g/mol. The summed E-state index contributed by atoms with van der Waals surface area (Å²) in [4.78, 5) is 17.3. The van der Waals surface area contributed by atoms with E-state index >= 15 is 0 Å². The van der Waals surface area contributed by atoms with Crippen molar-refractivity contribution in [2.24, 2.45) is 13.0 Å². The third-order valence-corrected chi connectivity index (χ3v) is 5.88. The zero-order chi connectivity index (χ0) is 20.4. The van der Waals surface area contributed by atoms with Gasteiger partial charge in [0.15, 0.2) is 0 Å². The van der Waals surface area contributed by atoms with E-state index in [1.807, 2.05) is 23.6 Å². The fraction of sp³-hybridized carbons (Fsp3) is 0.545. The van der Waals surface area contributed by atoms with Crippen molar-refractivity contribution in [2.45, 2.75) is 53.2 Å². The van der Waals surface area contributed by atoms with Crippen LogP contribution in [0.3, 0.4) is 0 Å². The highest BCUT2D eigenvalue weighted by atomic mass is 19.1. The predicted molar refractivity (Wildman–Crippen MR) is 108 cm³/mol. The molecule has 5 nitrogen and oxygen atoms in total. The van der Waals surface area contributed by atoms with Gasteiger partial charge < -0.3 is 4.90 Å². The van der Waals surface area contributed by atoms with Crippen molar-refractivity contribution in [3.8, 4) is 0 Å². The monoisotopic (exact) mass is 386 g/mol. The number of nitrogens with zero attached hydrogens (tertiary/aromatic N) is 4. The molecule has 2 aromatic rings. The van der Waals surface area contributed by atoms with E-state index < -0.39 is 0 Å². The molecule has 0 aliphatic carbocycles. The van der Waals surface area contributed by atoms with Gasteiger partial charge in [-0.2, -0.15) is 5.10 Å². The molecule has 1 saturated heterocycles. The van der Waals surface area contributed by atoms with E-state index in [0.29, 0.717) is 18.9 Å². The summed E-state index contributed by atoms with van der Waals surface area (Å²) in [5.41, 5.74) is 4.45. The minimum Gasteiger partial charge on any atom is -0.334 e. The molecule has 152 valence electrons. The summed E-state index contributed by atoms with van der Waals surface area (Å²) in [5, 5.41) is 4.53. The van der Waals surface area contributed by atoms with Gasteiger partial charge in [0.1, 0.15) is 5.82 Å². The maximum absolute atomic E-state index is 13.2. The number of benzene rings is 1. The molecule has 28 heavy (non-hydrogen) atoms.